The smallest absolute Gasteiger partial charge is 0.320 e. The Morgan fingerprint density at radius 3 is 2.19 bits per heavy atom. The highest BCUT2D eigenvalue weighted by molar-refractivity contribution is 6.18. The fourth-order valence-corrected chi connectivity index (χ4v) is 9.64. The molecular weight excluding hydrogens is 639 g/mol. The van der Waals surface area contributed by atoms with Crippen LogP contribution in [0.5, 0.6) is 0 Å². The highest BCUT2D eigenvalue weighted by atomic mass is 35.5. The average molecular weight is 690 g/mol. The standard InChI is InChI=1S/C24H32O4.C13H18Cl2N2O2/c1-14-12-18-19(22(4)9-6-17(27)13-21(14)22)7-10-23(5)20(18)8-11-24(23,15(2)25)28-16(3)26;14-5-7-17(8-6-15)11-3-1-10(2-4-11)9-12(16)13(18)19/h12-13,18-20H,6-11H2,1-5H3;1-4,12H,5-9,16H2,(H,18,19)/t18-,19+,20+,22-,23+,24+;12-/m10/s1. The first kappa shape index (κ1) is 37.1. The van der Waals surface area contributed by atoms with Gasteiger partial charge in [-0.3, -0.25) is 19.2 Å². The molecule has 0 bridgehead atoms. The zero-order valence-electron chi connectivity index (χ0n) is 28.3. The normalized spacial score (nSPS) is 31.5. The van der Waals surface area contributed by atoms with Crippen LogP contribution >= 0.6 is 23.2 Å². The number of alkyl halides is 2. The summed E-state index contributed by atoms with van der Waals surface area (Å²) >= 11 is 11.5. The van der Waals surface area contributed by atoms with Gasteiger partial charge in [0.05, 0.1) is 0 Å². The first-order valence-corrected chi connectivity index (χ1v) is 17.8. The Hall–Kier alpha value is -2.68. The summed E-state index contributed by atoms with van der Waals surface area (Å²) < 4.78 is 5.82. The van der Waals surface area contributed by atoms with Crippen molar-refractivity contribution >= 4 is 52.4 Å². The Labute approximate surface area is 289 Å². The Kier molecular flexibility index (Phi) is 11.7. The maximum absolute atomic E-state index is 12.8. The van der Waals surface area contributed by atoms with Crippen LogP contribution in [0.4, 0.5) is 5.69 Å². The first-order chi connectivity index (χ1) is 22.1. The lowest BCUT2D eigenvalue weighted by atomic mass is 9.47. The molecule has 258 valence electrons. The maximum atomic E-state index is 12.8. The molecular formula is C37H50Cl2N2O6. The molecule has 7 atom stereocenters. The molecule has 5 rings (SSSR count). The molecule has 0 saturated heterocycles. The Bertz CT molecular complexity index is 1420. The number of ether oxygens (including phenoxy) is 1. The van der Waals surface area contributed by atoms with E-state index < -0.39 is 17.6 Å². The highest BCUT2D eigenvalue weighted by Gasteiger charge is 2.67. The zero-order valence-corrected chi connectivity index (χ0v) is 29.8. The summed E-state index contributed by atoms with van der Waals surface area (Å²) in [4.78, 5) is 49.5. The van der Waals surface area contributed by atoms with E-state index in [1.165, 1.54) is 18.1 Å². The Balaban J connectivity index is 0.000000231. The number of aliphatic carboxylic acids is 1. The molecule has 0 radical (unpaired) electrons. The van der Waals surface area contributed by atoms with Gasteiger partial charge >= 0.3 is 11.9 Å². The van der Waals surface area contributed by atoms with Gasteiger partial charge in [-0.1, -0.05) is 37.6 Å². The van der Waals surface area contributed by atoms with Crippen molar-refractivity contribution in [1.82, 2.24) is 0 Å². The minimum Gasteiger partial charge on any atom is -0.480 e. The maximum Gasteiger partial charge on any atom is 0.320 e. The second kappa shape index (κ2) is 14.8. The number of Topliss-reactive ketones (excluding diaryl/α,β-unsaturated/α-hetero) is 1. The van der Waals surface area contributed by atoms with Gasteiger partial charge in [-0.25, -0.2) is 0 Å². The van der Waals surface area contributed by atoms with Crippen LogP contribution in [-0.4, -0.2) is 65.1 Å². The molecule has 0 spiro atoms. The fraction of sp³-hybridized carbons (Fsp3) is 0.622. The van der Waals surface area contributed by atoms with E-state index in [2.05, 4.69) is 31.7 Å². The molecule has 2 fully saturated rings. The number of nitrogens with two attached hydrogens (primary N) is 1. The molecule has 2 saturated carbocycles. The number of allylic oxidation sites excluding steroid dienone is 4. The van der Waals surface area contributed by atoms with Gasteiger partial charge in [0.25, 0.3) is 0 Å². The third-order valence-electron chi connectivity index (χ3n) is 11.6. The summed E-state index contributed by atoms with van der Waals surface area (Å²) in [7, 11) is 0. The lowest BCUT2D eigenvalue weighted by Gasteiger charge is -2.58. The van der Waals surface area contributed by atoms with Crippen LogP contribution in [0.25, 0.3) is 0 Å². The summed E-state index contributed by atoms with van der Waals surface area (Å²) in [6.45, 7) is 11.1. The number of benzene rings is 1. The van der Waals surface area contributed by atoms with Crippen molar-refractivity contribution in [1.29, 1.82) is 0 Å². The summed E-state index contributed by atoms with van der Waals surface area (Å²) in [5.41, 5.74) is 8.57. The molecule has 1 aromatic carbocycles. The van der Waals surface area contributed by atoms with Crippen molar-refractivity contribution in [3.05, 3.63) is 53.1 Å². The van der Waals surface area contributed by atoms with E-state index in [1.54, 1.807) is 6.92 Å². The van der Waals surface area contributed by atoms with Crippen molar-refractivity contribution in [2.45, 2.75) is 91.2 Å². The molecule has 0 heterocycles. The van der Waals surface area contributed by atoms with Crippen LogP contribution < -0.4 is 10.6 Å². The monoisotopic (exact) mass is 688 g/mol. The highest BCUT2D eigenvalue weighted by Crippen LogP contribution is 2.67. The van der Waals surface area contributed by atoms with Gasteiger partial charge in [0.15, 0.2) is 17.2 Å². The summed E-state index contributed by atoms with van der Waals surface area (Å²) in [5, 5.41) is 8.76. The minimum atomic E-state index is -0.991. The topological polar surface area (TPSA) is 127 Å². The van der Waals surface area contributed by atoms with Gasteiger partial charge < -0.3 is 20.5 Å². The van der Waals surface area contributed by atoms with Crippen molar-refractivity contribution < 1.29 is 29.0 Å². The molecule has 0 aromatic heterocycles. The minimum absolute atomic E-state index is 0.0160. The molecule has 0 aliphatic heterocycles. The number of rotatable bonds is 10. The van der Waals surface area contributed by atoms with Crippen LogP contribution in [0.1, 0.15) is 78.7 Å². The van der Waals surface area contributed by atoms with Gasteiger partial charge in [-0.2, -0.15) is 0 Å². The molecule has 0 amide bonds. The largest absolute Gasteiger partial charge is 0.480 e. The van der Waals surface area contributed by atoms with E-state index >= 15 is 0 Å². The van der Waals surface area contributed by atoms with E-state index in [9.17, 15) is 19.2 Å². The molecule has 47 heavy (non-hydrogen) atoms. The van der Waals surface area contributed by atoms with Gasteiger partial charge in [-0.05, 0) is 105 Å². The van der Waals surface area contributed by atoms with Crippen molar-refractivity contribution in [2.24, 2.45) is 34.3 Å². The first-order valence-electron chi connectivity index (χ1n) is 16.7. The number of nitrogens with zero attached hydrogens (tertiary/aromatic N) is 1. The second-order valence-electron chi connectivity index (χ2n) is 14.2. The quantitative estimate of drug-likeness (QED) is 0.211. The van der Waals surface area contributed by atoms with Crippen LogP contribution in [0.15, 0.2) is 47.6 Å². The number of carbonyl (C=O) groups excluding carboxylic acids is 3. The molecule has 10 heteroatoms. The summed E-state index contributed by atoms with van der Waals surface area (Å²) in [6, 6.07) is 6.76. The number of ketones is 2. The molecule has 8 nitrogen and oxygen atoms in total. The third kappa shape index (κ3) is 7.20. The number of carboxylic acids is 1. The Morgan fingerprint density at radius 1 is 1.02 bits per heavy atom. The molecule has 4 aliphatic rings. The van der Waals surface area contributed by atoms with Gasteiger partial charge in [-0.15, -0.1) is 23.2 Å². The van der Waals surface area contributed by atoms with Crippen LogP contribution in [0.3, 0.4) is 0 Å². The van der Waals surface area contributed by atoms with E-state index in [1.807, 2.05) is 30.3 Å². The van der Waals surface area contributed by atoms with Crippen LogP contribution in [-0.2, 0) is 30.3 Å². The van der Waals surface area contributed by atoms with E-state index in [0.717, 1.165) is 50.0 Å². The Morgan fingerprint density at radius 2 is 1.64 bits per heavy atom. The number of halogens is 2. The number of esters is 1. The van der Waals surface area contributed by atoms with Crippen molar-refractivity contribution in [3.8, 4) is 0 Å². The zero-order chi connectivity index (χ0) is 34.7. The number of hydrogen-bond acceptors (Lipinski definition) is 7. The number of fused-ring (bicyclic) bond motifs is 5. The van der Waals surface area contributed by atoms with Gasteiger partial charge in [0.1, 0.15) is 6.04 Å². The molecule has 3 N–H and O–H groups in total. The van der Waals surface area contributed by atoms with Crippen LogP contribution in [0.2, 0.25) is 0 Å². The fourth-order valence-electron chi connectivity index (χ4n) is 9.24. The predicted octanol–water partition coefficient (Wildman–Crippen LogP) is 6.50. The summed E-state index contributed by atoms with van der Waals surface area (Å²) in [6.07, 6.45) is 9.52. The molecule has 0 unspecified atom stereocenters. The van der Waals surface area contributed by atoms with E-state index in [4.69, 9.17) is 38.8 Å². The second-order valence-corrected chi connectivity index (χ2v) is 15.0. The SMILES string of the molecule is CC(=O)O[C@]1(C(C)=O)CC[C@H]2[C@@H]3C=C(C)C4=CC(=O)CC[C@]4(C)[C@H]3CC[C@@]21C.N[C@@H](Cc1ccc(N(CCCl)CCCl)cc1)C(=O)O. The van der Waals surface area contributed by atoms with Crippen molar-refractivity contribution in [3.63, 3.8) is 0 Å². The third-order valence-corrected chi connectivity index (χ3v) is 12.0. The van der Waals surface area contributed by atoms with Gasteiger partial charge in [0.2, 0.25) is 0 Å². The van der Waals surface area contributed by atoms with Crippen LogP contribution in [0, 0.1) is 28.6 Å². The lowest BCUT2D eigenvalue weighted by molar-refractivity contribution is -0.185. The lowest BCUT2D eigenvalue weighted by Crippen LogP contribution is -2.58. The molecule has 1 aromatic rings. The van der Waals surface area contributed by atoms with Crippen molar-refractivity contribution in [2.75, 3.05) is 29.7 Å². The number of hydrogen-bond donors (Lipinski definition) is 2. The molecule has 4 aliphatic carbocycles. The number of anilines is 1. The number of carboxylic acid groups (broad SMARTS) is 1. The van der Waals surface area contributed by atoms with E-state index in [0.29, 0.717) is 48.8 Å². The van der Waals surface area contributed by atoms with E-state index in [-0.39, 0.29) is 28.4 Å². The number of carbonyl (C=O) groups is 4. The van der Waals surface area contributed by atoms with Gasteiger partial charge in [0, 0.05) is 49.3 Å². The average Bonchev–Trinajstić information content (AvgIpc) is 3.31. The predicted molar refractivity (Wildman–Crippen MR) is 186 cm³/mol. The summed E-state index contributed by atoms with van der Waals surface area (Å²) in [5.74, 6) is 1.10.